The molecule has 0 bridgehead atoms. The third-order valence-electron chi connectivity index (χ3n) is 3.08. The molecule has 3 heteroatoms. The van der Waals surface area contributed by atoms with E-state index in [1.165, 1.54) is 0 Å². The molecule has 1 aliphatic carbocycles. The Morgan fingerprint density at radius 3 is 2.50 bits per heavy atom. The Kier molecular flexibility index (Phi) is 3.25. The highest BCUT2D eigenvalue weighted by Crippen LogP contribution is 2.25. The molecular weight excluding hydrogens is 202 g/mol. The SMILES string of the molecule is CC(c1ccccc1)C(NC1CC1)C(=O)O. The zero-order valence-electron chi connectivity index (χ0n) is 9.39. The second-order valence-electron chi connectivity index (χ2n) is 4.46. The number of carboxylic acids is 1. The van der Waals surface area contributed by atoms with Gasteiger partial charge in [-0.15, -0.1) is 0 Å². The summed E-state index contributed by atoms with van der Waals surface area (Å²) in [6.07, 6.45) is 2.20. The van der Waals surface area contributed by atoms with Gasteiger partial charge in [0.15, 0.2) is 0 Å². The van der Waals surface area contributed by atoms with Crippen LogP contribution in [-0.2, 0) is 4.79 Å². The number of benzene rings is 1. The van der Waals surface area contributed by atoms with E-state index in [0.29, 0.717) is 6.04 Å². The molecule has 2 unspecified atom stereocenters. The molecule has 1 aliphatic rings. The Hall–Kier alpha value is -1.35. The molecule has 0 aromatic heterocycles. The van der Waals surface area contributed by atoms with Gasteiger partial charge >= 0.3 is 5.97 Å². The smallest absolute Gasteiger partial charge is 0.321 e. The van der Waals surface area contributed by atoms with E-state index in [1.807, 2.05) is 37.3 Å². The van der Waals surface area contributed by atoms with Gasteiger partial charge < -0.3 is 10.4 Å². The summed E-state index contributed by atoms with van der Waals surface area (Å²) in [5, 5.41) is 12.4. The van der Waals surface area contributed by atoms with Crippen molar-refractivity contribution in [2.75, 3.05) is 0 Å². The second kappa shape index (κ2) is 4.66. The first kappa shape index (κ1) is 11.1. The van der Waals surface area contributed by atoms with Crippen LogP contribution in [0.3, 0.4) is 0 Å². The van der Waals surface area contributed by atoms with Crippen molar-refractivity contribution in [2.24, 2.45) is 0 Å². The minimum Gasteiger partial charge on any atom is -0.480 e. The quantitative estimate of drug-likeness (QED) is 0.796. The predicted molar refractivity (Wildman–Crippen MR) is 62.4 cm³/mol. The number of aliphatic carboxylic acids is 1. The number of rotatable bonds is 5. The minimum absolute atomic E-state index is 0.000648. The molecule has 2 N–H and O–H groups in total. The molecule has 0 saturated heterocycles. The van der Waals surface area contributed by atoms with Crippen LogP contribution in [0.2, 0.25) is 0 Å². The van der Waals surface area contributed by atoms with Crippen LogP contribution in [0.4, 0.5) is 0 Å². The fraction of sp³-hybridized carbons (Fsp3) is 0.462. The van der Waals surface area contributed by atoms with Gasteiger partial charge in [-0.05, 0) is 18.4 Å². The Balaban J connectivity index is 2.09. The first-order valence-electron chi connectivity index (χ1n) is 5.72. The summed E-state index contributed by atoms with van der Waals surface area (Å²) in [6.45, 7) is 1.96. The average Bonchev–Trinajstić information content (AvgIpc) is 3.09. The van der Waals surface area contributed by atoms with Crippen molar-refractivity contribution in [1.82, 2.24) is 5.32 Å². The van der Waals surface area contributed by atoms with E-state index in [0.717, 1.165) is 18.4 Å². The monoisotopic (exact) mass is 219 g/mol. The molecule has 86 valence electrons. The molecule has 0 amide bonds. The van der Waals surface area contributed by atoms with Crippen LogP contribution < -0.4 is 5.32 Å². The number of hydrogen-bond donors (Lipinski definition) is 2. The molecule has 2 rings (SSSR count). The maximum atomic E-state index is 11.2. The van der Waals surface area contributed by atoms with Gasteiger partial charge in [0.25, 0.3) is 0 Å². The molecule has 0 heterocycles. The van der Waals surface area contributed by atoms with Gasteiger partial charge in [-0.3, -0.25) is 4.79 Å². The van der Waals surface area contributed by atoms with E-state index in [9.17, 15) is 9.90 Å². The zero-order valence-corrected chi connectivity index (χ0v) is 9.39. The Labute approximate surface area is 95.5 Å². The molecule has 0 radical (unpaired) electrons. The van der Waals surface area contributed by atoms with Crippen molar-refractivity contribution in [3.8, 4) is 0 Å². The largest absolute Gasteiger partial charge is 0.480 e. The Bertz CT molecular complexity index is 359. The zero-order chi connectivity index (χ0) is 11.5. The van der Waals surface area contributed by atoms with Crippen LogP contribution in [0.15, 0.2) is 30.3 Å². The summed E-state index contributed by atoms with van der Waals surface area (Å²) in [4.78, 5) is 11.2. The fourth-order valence-electron chi connectivity index (χ4n) is 1.88. The highest BCUT2D eigenvalue weighted by molar-refractivity contribution is 5.75. The minimum atomic E-state index is -0.761. The lowest BCUT2D eigenvalue weighted by molar-refractivity contribution is -0.140. The van der Waals surface area contributed by atoms with Crippen molar-refractivity contribution >= 4 is 5.97 Å². The molecule has 1 fully saturated rings. The van der Waals surface area contributed by atoms with Crippen molar-refractivity contribution in [2.45, 2.75) is 37.8 Å². The number of hydrogen-bond acceptors (Lipinski definition) is 2. The standard InChI is InChI=1S/C13H17NO2/c1-9(10-5-3-2-4-6-10)12(13(15)16)14-11-7-8-11/h2-6,9,11-12,14H,7-8H2,1H3,(H,15,16). The van der Waals surface area contributed by atoms with Crippen LogP contribution in [0.25, 0.3) is 0 Å². The van der Waals surface area contributed by atoms with Gasteiger partial charge in [-0.2, -0.15) is 0 Å². The lowest BCUT2D eigenvalue weighted by atomic mass is 9.93. The van der Waals surface area contributed by atoms with Gasteiger partial charge in [0.1, 0.15) is 6.04 Å². The van der Waals surface area contributed by atoms with E-state index in [-0.39, 0.29) is 5.92 Å². The van der Waals surface area contributed by atoms with Gasteiger partial charge in [-0.1, -0.05) is 37.3 Å². The Morgan fingerprint density at radius 2 is 2.00 bits per heavy atom. The number of nitrogens with one attached hydrogen (secondary N) is 1. The topological polar surface area (TPSA) is 49.3 Å². The third-order valence-corrected chi connectivity index (χ3v) is 3.08. The first-order chi connectivity index (χ1) is 7.68. The van der Waals surface area contributed by atoms with Crippen LogP contribution in [-0.4, -0.2) is 23.2 Å². The first-order valence-corrected chi connectivity index (χ1v) is 5.72. The van der Waals surface area contributed by atoms with E-state index in [1.54, 1.807) is 0 Å². The number of carbonyl (C=O) groups is 1. The summed E-state index contributed by atoms with van der Waals surface area (Å²) < 4.78 is 0. The van der Waals surface area contributed by atoms with E-state index in [2.05, 4.69) is 5.32 Å². The van der Waals surface area contributed by atoms with Crippen LogP contribution in [0.1, 0.15) is 31.2 Å². The predicted octanol–water partition coefficient (Wildman–Crippen LogP) is 2.00. The van der Waals surface area contributed by atoms with Crippen LogP contribution in [0.5, 0.6) is 0 Å². The summed E-state index contributed by atoms with van der Waals surface area (Å²) in [6, 6.07) is 9.73. The lowest BCUT2D eigenvalue weighted by Gasteiger charge is -2.21. The van der Waals surface area contributed by atoms with Gasteiger partial charge in [0, 0.05) is 12.0 Å². The fourth-order valence-corrected chi connectivity index (χ4v) is 1.88. The highest BCUT2D eigenvalue weighted by atomic mass is 16.4. The van der Waals surface area contributed by atoms with Gasteiger partial charge in [0.05, 0.1) is 0 Å². The summed E-state index contributed by atoms with van der Waals surface area (Å²) in [5.74, 6) is -0.762. The summed E-state index contributed by atoms with van der Waals surface area (Å²) >= 11 is 0. The van der Waals surface area contributed by atoms with E-state index in [4.69, 9.17) is 0 Å². The molecule has 0 spiro atoms. The van der Waals surface area contributed by atoms with E-state index < -0.39 is 12.0 Å². The lowest BCUT2D eigenvalue weighted by Crippen LogP contribution is -2.42. The van der Waals surface area contributed by atoms with Crippen molar-refractivity contribution < 1.29 is 9.90 Å². The van der Waals surface area contributed by atoms with Crippen LogP contribution in [0, 0.1) is 0 Å². The van der Waals surface area contributed by atoms with Gasteiger partial charge in [0.2, 0.25) is 0 Å². The Morgan fingerprint density at radius 1 is 1.38 bits per heavy atom. The molecule has 0 aliphatic heterocycles. The van der Waals surface area contributed by atoms with Crippen molar-refractivity contribution in [1.29, 1.82) is 0 Å². The molecule has 16 heavy (non-hydrogen) atoms. The maximum absolute atomic E-state index is 11.2. The highest BCUT2D eigenvalue weighted by Gasteiger charge is 2.32. The van der Waals surface area contributed by atoms with Crippen LogP contribution >= 0.6 is 0 Å². The molecule has 1 aromatic carbocycles. The summed E-state index contributed by atoms with van der Waals surface area (Å²) in [7, 11) is 0. The van der Waals surface area contributed by atoms with Gasteiger partial charge in [-0.25, -0.2) is 0 Å². The summed E-state index contributed by atoms with van der Waals surface area (Å²) in [5.41, 5.74) is 1.07. The normalized spacial score (nSPS) is 19.1. The maximum Gasteiger partial charge on any atom is 0.321 e. The van der Waals surface area contributed by atoms with Crippen molar-refractivity contribution in [3.05, 3.63) is 35.9 Å². The molecular formula is C13H17NO2. The molecule has 2 atom stereocenters. The van der Waals surface area contributed by atoms with Crippen molar-refractivity contribution in [3.63, 3.8) is 0 Å². The van der Waals surface area contributed by atoms with E-state index >= 15 is 0 Å². The second-order valence-corrected chi connectivity index (χ2v) is 4.46. The molecule has 3 nitrogen and oxygen atoms in total. The average molecular weight is 219 g/mol. The third kappa shape index (κ3) is 2.61. The molecule has 1 saturated carbocycles. The molecule has 1 aromatic rings. The number of carboxylic acid groups (broad SMARTS) is 1.